The molecule has 0 saturated carbocycles. The average Bonchev–Trinajstić information content (AvgIpc) is 3.39. The van der Waals surface area contributed by atoms with Gasteiger partial charge >= 0.3 is 5.97 Å². The molecule has 12 N–H and O–H groups in total. The minimum atomic E-state index is -4.11. The van der Waals surface area contributed by atoms with Crippen molar-refractivity contribution in [2.24, 2.45) is 32.9 Å². The third kappa shape index (κ3) is 13.5. The molecule has 20 nitrogen and oxygen atoms in total. The largest absolute Gasteiger partial charge is 0.478 e. The third-order valence-corrected chi connectivity index (χ3v) is 16.2. The first-order valence-corrected chi connectivity index (χ1v) is 27.9. The van der Waals surface area contributed by atoms with Gasteiger partial charge in [-0.15, -0.1) is 0 Å². The van der Waals surface area contributed by atoms with Crippen molar-refractivity contribution in [3.8, 4) is 0 Å². The number of aliphatic imine (C=N–C) groups is 2. The van der Waals surface area contributed by atoms with Crippen molar-refractivity contribution >= 4 is 155 Å². The van der Waals surface area contributed by atoms with E-state index in [1.807, 2.05) is 38.1 Å². The van der Waals surface area contributed by atoms with Gasteiger partial charge in [0.15, 0.2) is 23.6 Å². The summed E-state index contributed by atoms with van der Waals surface area (Å²) in [4.78, 5) is 31.2. The molecule has 0 unspecified atom stereocenters. The second-order valence-corrected chi connectivity index (χ2v) is 22.9. The molecule has 0 spiro atoms. The molecule has 9 rings (SSSR count). The van der Waals surface area contributed by atoms with Crippen molar-refractivity contribution in [1.82, 2.24) is 15.0 Å². The predicted octanol–water partition coefficient (Wildman–Crippen LogP) is 9.85. The van der Waals surface area contributed by atoms with Crippen LogP contribution in [0.1, 0.15) is 21.5 Å². The number of aromatic carboxylic acids is 1. The number of para-hydroxylation sites is 3. The number of carboxylic acids is 1. The number of aryl methyl sites for hydroxylation is 2. The number of rotatable bonds is 12. The standard InChI is InChI=1S/C17H14ClN5O4S.C17H16ClN5O2S.C16H12Cl2N2O2S/c18-13-8-21-15(22-17(19)20)12-7-9(5-6-10(12)13)28(26,27)23-14-4-2-1-3-11(14)16(24)25;1-10-4-2-3-5-15(10)23-26(24,25)11-6-7-12-13(8-11)16(22-17(19)20)21-9-14(12)18;1-10-4-2-3-5-15(10)20-23(21,22)11-6-7-12-13(8-11)16(18)19-9-14(12)17/h1-8,23H,(H,24,25)(H4,19,20,21,22);2-9,23H,1H3,(H4,19,20,21,22);2-9,20H,1H3. The molecule has 9 aromatic rings. The molecule has 27 heteroatoms. The number of guanidine groups is 2. The van der Waals surface area contributed by atoms with Gasteiger partial charge in [0.25, 0.3) is 30.1 Å². The lowest BCUT2D eigenvalue weighted by Gasteiger charge is -2.12. The van der Waals surface area contributed by atoms with Gasteiger partial charge in [-0.25, -0.2) is 45.0 Å². The molecule has 0 atom stereocenters. The first kappa shape index (κ1) is 56.7. The highest BCUT2D eigenvalue weighted by molar-refractivity contribution is 7.93. The summed E-state index contributed by atoms with van der Waals surface area (Å²) >= 11 is 24.4. The number of nitrogens with two attached hydrogens (primary N) is 4. The van der Waals surface area contributed by atoms with Crippen LogP contribution >= 0.6 is 46.4 Å². The highest BCUT2D eigenvalue weighted by Crippen LogP contribution is 2.35. The second-order valence-electron chi connectivity index (χ2n) is 16.2. The van der Waals surface area contributed by atoms with E-state index in [1.165, 1.54) is 85.3 Å². The zero-order valence-corrected chi connectivity index (χ0v) is 45.4. The van der Waals surface area contributed by atoms with Crippen LogP contribution in [0.5, 0.6) is 0 Å². The van der Waals surface area contributed by atoms with Crippen LogP contribution in [0.25, 0.3) is 32.3 Å². The Balaban J connectivity index is 0.000000169. The van der Waals surface area contributed by atoms with Gasteiger partial charge in [0, 0.05) is 50.9 Å². The van der Waals surface area contributed by atoms with Crippen LogP contribution in [-0.2, 0) is 30.1 Å². The summed E-state index contributed by atoms with van der Waals surface area (Å²) in [5, 5.41) is 13.5. The molecule has 0 aliphatic heterocycles. The summed E-state index contributed by atoms with van der Waals surface area (Å²) < 4.78 is 83.7. The van der Waals surface area contributed by atoms with Gasteiger partial charge in [0.1, 0.15) is 5.15 Å². The fourth-order valence-electron chi connectivity index (χ4n) is 7.17. The molecule has 6 aromatic carbocycles. The smallest absolute Gasteiger partial charge is 0.337 e. The number of nitrogens with zero attached hydrogens (tertiary/aromatic N) is 5. The van der Waals surface area contributed by atoms with Gasteiger partial charge < -0.3 is 28.0 Å². The van der Waals surface area contributed by atoms with Gasteiger partial charge in [-0.3, -0.25) is 14.2 Å². The monoisotopic (exact) mass is 1170 g/mol. The average molecular weight is 1180 g/mol. The number of anilines is 3. The van der Waals surface area contributed by atoms with Gasteiger partial charge in [0.2, 0.25) is 0 Å². The second kappa shape index (κ2) is 23.5. The van der Waals surface area contributed by atoms with Crippen LogP contribution in [0.15, 0.2) is 171 Å². The Morgan fingerprint density at radius 1 is 0.468 bits per heavy atom. The highest BCUT2D eigenvalue weighted by atomic mass is 35.5. The van der Waals surface area contributed by atoms with E-state index in [0.29, 0.717) is 53.7 Å². The molecule has 0 aliphatic rings. The number of halogens is 4. The van der Waals surface area contributed by atoms with E-state index in [-0.39, 0.29) is 59.7 Å². The molecule has 3 heterocycles. The number of hydrogen-bond acceptors (Lipinski definition) is 12. The Kier molecular flexibility index (Phi) is 17.3. The van der Waals surface area contributed by atoms with Gasteiger partial charge in [-0.05, 0) is 85.6 Å². The predicted molar refractivity (Wildman–Crippen MR) is 304 cm³/mol. The van der Waals surface area contributed by atoms with Crippen LogP contribution in [-0.4, -0.2) is 63.2 Å². The van der Waals surface area contributed by atoms with E-state index in [2.05, 4.69) is 39.1 Å². The van der Waals surface area contributed by atoms with Gasteiger partial charge in [0.05, 0.1) is 52.4 Å². The Bertz CT molecular complexity index is 4210. The summed E-state index contributed by atoms with van der Waals surface area (Å²) in [5.41, 5.74) is 24.1. The van der Waals surface area contributed by atoms with Crippen LogP contribution in [0.4, 0.5) is 28.7 Å². The number of sulfonamides is 3. The van der Waals surface area contributed by atoms with Crippen LogP contribution in [0.2, 0.25) is 20.2 Å². The number of benzene rings is 6. The van der Waals surface area contributed by atoms with Crippen LogP contribution in [0.3, 0.4) is 0 Å². The molecular formula is C50H42Cl4N12O8S3. The first-order chi connectivity index (χ1) is 36.3. The van der Waals surface area contributed by atoms with Crippen molar-refractivity contribution in [1.29, 1.82) is 0 Å². The molecule has 77 heavy (non-hydrogen) atoms. The molecule has 396 valence electrons. The van der Waals surface area contributed by atoms with Crippen molar-refractivity contribution in [2.45, 2.75) is 28.5 Å². The van der Waals surface area contributed by atoms with Crippen molar-refractivity contribution in [2.75, 3.05) is 14.2 Å². The van der Waals surface area contributed by atoms with Gasteiger partial charge in [-0.2, -0.15) is 9.98 Å². The lowest BCUT2D eigenvalue weighted by atomic mass is 10.1. The quantitative estimate of drug-likeness (QED) is 0.0320. The maximum absolute atomic E-state index is 12.8. The summed E-state index contributed by atoms with van der Waals surface area (Å²) in [6, 6.07) is 33.1. The summed E-state index contributed by atoms with van der Waals surface area (Å²) in [6.07, 6.45) is 4.19. The maximum Gasteiger partial charge on any atom is 0.337 e. The fourth-order valence-corrected chi connectivity index (χ4v) is 11.4. The number of fused-ring (bicyclic) bond motifs is 3. The lowest BCUT2D eigenvalue weighted by Crippen LogP contribution is -2.22. The summed E-state index contributed by atoms with van der Waals surface area (Å²) in [5.74, 6) is -1.41. The van der Waals surface area contributed by atoms with E-state index in [1.54, 1.807) is 36.4 Å². The van der Waals surface area contributed by atoms with E-state index >= 15 is 0 Å². The summed E-state index contributed by atoms with van der Waals surface area (Å²) in [7, 11) is -11.7. The number of aromatic nitrogens is 3. The molecule has 0 aliphatic carbocycles. The third-order valence-electron chi connectivity index (χ3n) is 10.9. The molecule has 0 amide bonds. The van der Waals surface area contributed by atoms with Crippen molar-refractivity contribution in [3.05, 3.63) is 183 Å². The maximum atomic E-state index is 12.8. The molecule has 0 saturated heterocycles. The molecule has 0 bridgehead atoms. The molecule has 3 aromatic heterocycles. The first-order valence-electron chi connectivity index (χ1n) is 22.0. The minimum absolute atomic E-state index is 0.0457. The van der Waals surface area contributed by atoms with E-state index < -0.39 is 36.0 Å². The Morgan fingerprint density at radius 3 is 1.19 bits per heavy atom. The fraction of sp³-hybridized carbons (Fsp3) is 0.0400. The topological polar surface area (TPSA) is 343 Å². The summed E-state index contributed by atoms with van der Waals surface area (Å²) in [6.45, 7) is 3.65. The van der Waals surface area contributed by atoms with E-state index in [4.69, 9.17) is 69.3 Å². The Hall–Kier alpha value is -8.03. The number of nitrogens with one attached hydrogen (secondary N) is 3. The highest BCUT2D eigenvalue weighted by Gasteiger charge is 2.22. The van der Waals surface area contributed by atoms with Gasteiger partial charge in [-0.1, -0.05) is 113 Å². The van der Waals surface area contributed by atoms with Crippen molar-refractivity contribution < 1.29 is 35.2 Å². The van der Waals surface area contributed by atoms with Crippen LogP contribution < -0.4 is 37.1 Å². The van der Waals surface area contributed by atoms with E-state index in [9.17, 15) is 35.2 Å². The minimum Gasteiger partial charge on any atom is -0.478 e. The molecular weight excluding hydrogens is 1130 g/mol. The normalized spacial score (nSPS) is 11.4. The number of pyridine rings is 3. The zero-order chi connectivity index (χ0) is 56.0. The Morgan fingerprint density at radius 2 is 0.805 bits per heavy atom. The molecule has 0 radical (unpaired) electrons. The lowest BCUT2D eigenvalue weighted by molar-refractivity contribution is 0.0698. The Labute approximate surface area is 461 Å². The van der Waals surface area contributed by atoms with E-state index in [0.717, 1.165) is 11.1 Å². The number of carbonyl (C=O) groups is 1. The van der Waals surface area contributed by atoms with Crippen LogP contribution in [0, 0.1) is 13.8 Å². The number of hydrogen-bond donors (Lipinski definition) is 8. The molecule has 0 fully saturated rings. The SMILES string of the molecule is Cc1ccccc1NS(=O)(=O)c1ccc2c(Cl)cnc(Cl)c2c1.Cc1ccccc1NS(=O)(=O)c1ccc2c(Cl)cnc(N=C(N)N)c2c1.NC(N)=Nc1ncc(Cl)c2ccc(S(=O)(=O)Nc3ccccc3C(=O)O)cc12. The number of carboxylic acid groups (broad SMARTS) is 1. The zero-order valence-electron chi connectivity index (χ0n) is 39.9. The van der Waals surface area contributed by atoms with Crippen molar-refractivity contribution in [3.63, 3.8) is 0 Å².